The highest BCUT2D eigenvalue weighted by Gasteiger charge is 2.28. The monoisotopic (exact) mass is 517 g/mol. The fourth-order valence-electron chi connectivity index (χ4n) is 4.45. The lowest BCUT2D eigenvalue weighted by Gasteiger charge is -2.25. The molecule has 38 heavy (non-hydrogen) atoms. The Kier molecular flexibility index (Phi) is 8.42. The smallest absolute Gasteiger partial charge is 0.354 e. The molecule has 198 valence electrons. The maximum atomic E-state index is 13.2. The minimum atomic E-state index is -1.07. The standard InChI is InChI=1S/C28H31N5O5/c1-18-6-3-4-8-22(18)31-28(37)32-23-11-9-19(14-25(23)38-2)15-26(34)33-13-5-7-21(33)17-29-20-10-12-24(27(35)36)30-16-20/h3-4,6,8-12,14,16,21,29H,5,7,13,15,17H2,1-2H3,(H,35,36)(H2,31,32,37). The number of carboxylic acid groups (broad SMARTS) is 1. The lowest BCUT2D eigenvalue weighted by atomic mass is 10.1. The third-order valence-corrected chi connectivity index (χ3v) is 6.48. The molecule has 4 rings (SSSR count). The summed E-state index contributed by atoms with van der Waals surface area (Å²) in [6.07, 6.45) is 3.48. The van der Waals surface area contributed by atoms with Crippen LogP contribution in [0.5, 0.6) is 5.75 Å². The molecule has 10 nitrogen and oxygen atoms in total. The van der Waals surface area contributed by atoms with Gasteiger partial charge in [0.2, 0.25) is 5.91 Å². The van der Waals surface area contributed by atoms with E-state index < -0.39 is 5.97 Å². The van der Waals surface area contributed by atoms with Gasteiger partial charge in [-0.15, -0.1) is 0 Å². The number of likely N-dealkylation sites (tertiary alicyclic amines) is 1. The second kappa shape index (κ2) is 12.1. The van der Waals surface area contributed by atoms with Crippen LogP contribution in [0.15, 0.2) is 60.8 Å². The van der Waals surface area contributed by atoms with Gasteiger partial charge in [-0.25, -0.2) is 14.6 Å². The average Bonchev–Trinajstić information content (AvgIpc) is 3.39. The van der Waals surface area contributed by atoms with Crippen molar-refractivity contribution in [2.45, 2.75) is 32.2 Å². The summed E-state index contributed by atoms with van der Waals surface area (Å²) in [6, 6.07) is 15.6. The number of carbonyl (C=O) groups excluding carboxylic acids is 2. The van der Waals surface area contributed by atoms with E-state index in [1.54, 1.807) is 18.2 Å². The molecule has 0 spiro atoms. The van der Waals surface area contributed by atoms with Crippen molar-refractivity contribution in [2.24, 2.45) is 0 Å². The molecule has 1 atom stereocenters. The van der Waals surface area contributed by atoms with E-state index in [1.807, 2.05) is 42.2 Å². The summed E-state index contributed by atoms with van der Waals surface area (Å²) in [5, 5.41) is 17.9. The van der Waals surface area contributed by atoms with Crippen LogP contribution in [-0.4, -0.2) is 59.1 Å². The molecule has 4 N–H and O–H groups in total. The van der Waals surface area contributed by atoms with Crippen molar-refractivity contribution in [3.63, 3.8) is 0 Å². The Morgan fingerprint density at radius 2 is 1.87 bits per heavy atom. The number of hydrogen-bond acceptors (Lipinski definition) is 6. The molecule has 0 bridgehead atoms. The molecule has 0 radical (unpaired) electrons. The third-order valence-electron chi connectivity index (χ3n) is 6.48. The topological polar surface area (TPSA) is 133 Å². The van der Waals surface area contributed by atoms with E-state index >= 15 is 0 Å². The molecular weight excluding hydrogens is 486 g/mol. The van der Waals surface area contributed by atoms with Crippen LogP contribution < -0.4 is 20.7 Å². The van der Waals surface area contributed by atoms with Gasteiger partial charge < -0.3 is 30.7 Å². The van der Waals surface area contributed by atoms with Gasteiger partial charge in [0.15, 0.2) is 0 Å². The third kappa shape index (κ3) is 6.58. The van der Waals surface area contributed by atoms with E-state index in [4.69, 9.17) is 9.84 Å². The number of aromatic carboxylic acids is 1. The van der Waals surface area contributed by atoms with E-state index in [0.717, 1.165) is 29.7 Å². The first kappa shape index (κ1) is 26.5. The van der Waals surface area contributed by atoms with Gasteiger partial charge >= 0.3 is 12.0 Å². The fraction of sp³-hybridized carbons (Fsp3) is 0.286. The first-order valence-electron chi connectivity index (χ1n) is 12.4. The van der Waals surface area contributed by atoms with Crippen LogP contribution in [0.1, 0.15) is 34.5 Å². The van der Waals surface area contributed by atoms with Crippen molar-refractivity contribution in [1.82, 2.24) is 9.88 Å². The molecule has 1 saturated heterocycles. The zero-order chi connectivity index (χ0) is 27.1. The second-order valence-corrected chi connectivity index (χ2v) is 9.11. The molecule has 3 amide bonds. The number of carboxylic acids is 1. The number of urea groups is 1. The number of amides is 3. The Balaban J connectivity index is 1.34. The van der Waals surface area contributed by atoms with E-state index in [-0.39, 0.29) is 30.1 Å². The van der Waals surface area contributed by atoms with Gasteiger partial charge in [-0.2, -0.15) is 0 Å². The lowest BCUT2D eigenvalue weighted by molar-refractivity contribution is -0.131. The van der Waals surface area contributed by atoms with Crippen LogP contribution in [0, 0.1) is 6.92 Å². The van der Waals surface area contributed by atoms with Gasteiger partial charge in [-0.3, -0.25) is 4.79 Å². The van der Waals surface area contributed by atoms with Gasteiger partial charge in [0.25, 0.3) is 0 Å². The van der Waals surface area contributed by atoms with Gasteiger partial charge in [-0.05, 0) is 61.2 Å². The second-order valence-electron chi connectivity index (χ2n) is 9.11. The predicted octanol–water partition coefficient (Wildman–Crippen LogP) is 4.39. The lowest BCUT2D eigenvalue weighted by Crippen LogP contribution is -2.40. The SMILES string of the molecule is COc1cc(CC(=O)N2CCCC2CNc2ccc(C(=O)O)nc2)ccc1NC(=O)Nc1ccccc1C. The molecule has 0 saturated carbocycles. The molecular formula is C28H31N5O5. The number of pyridine rings is 1. The molecule has 1 aromatic heterocycles. The Bertz CT molecular complexity index is 1310. The van der Waals surface area contributed by atoms with E-state index in [0.29, 0.717) is 30.2 Å². The van der Waals surface area contributed by atoms with Gasteiger partial charge in [0.1, 0.15) is 11.4 Å². The summed E-state index contributed by atoms with van der Waals surface area (Å²) in [5.74, 6) is -0.601. The number of methoxy groups -OCH3 is 1. The van der Waals surface area contributed by atoms with Crippen LogP contribution in [0.25, 0.3) is 0 Å². The molecule has 0 aliphatic carbocycles. The van der Waals surface area contributed by atoms with Crippen LogP contribution in [0.2, 0.25) is 0 Å². The molecule has 2 heterocycles. The Morgan fingerprint density at radius 1 is 1.08 bits per heavy atom. The fourth-order valence-corrected chi connectivity index (χ4v) is 4.45. The number of para-hydroxylation sites is 1. The van der Waals surface area contributed by atoms with Crippen LogP contribution in [0.3, 0.4) is 0 Å². The van der Waals surface area contributed by atoms with Gasteiger partial charge in [0, 0.05) is 24.8 Å². The average molecular weight is 518 g/mol. The predicted molar refractivity (Wildman–Crippen MR) is 145 cm³/mol. The Labute approximate surface area is 221 Å². The Morgan fingerprint density at radius 3 is 2.58 bits per heavy atom. The van der Waals surface area contributed by atoms with Crippen molar-refractivity contribution >= 4 is 35.0 Å². The van der Waals surface area contributed by atoms with Crippen LogP contribution in [0.4, 0.5) is 21.9 Å². The molecule has 1 fully saturated rings. The molecule has 1 unspecified atom stereocenters. The zero-order valence-electron chi connectivity index (χ0n) is 21.4. The molecule has 10 heteroatoms. The molecule has 3 aromatic rings. The number of ether oxygens (including phenoxy) is 1. The van der Waals surface area contributed by atoms with Crippen molar-refractivity contribution in [3.8, 4) is 5.75 Å². The summed E-state index contributed by atoms with van der Waals surface area (Å²) in [6.45, 7) is 3.14. The number of hydrogen-bond donors (Lipinski definition) is 4. The minimum absolute atomic E-state index is 0.00806. The number of nitrogens with zero attached hydrogens (tertiary/aromatic N) is 2. The van der Waals surface area contributed by atoms with E-state index in [2.05, 4.69) is 20.9 Å². The molecule has 1 aliphatic heterocycles. The van der Waals surface area contributed by atoms with E-state index in [9.17, 15) is 14.4 Å². The van der Waals surface area contributed by atoms with Crippen molar-refractivity contribution in [2.75, 3.05) is 36.1 Å². The summed E-state index contributed by atoms with van der Waals surface area (Å²) < 4.78 is 5.48. The van der Waals surface area contributed by atoms with Gasteiger partial charge in [-0.1, -0.05) is 24.3 Å². The van der Waals surface area contributed by atoms with Gasteiger partial charge in [0.05, 0.1) is 31.1 Å². The summed E-state index contributed by atoms with van der Waals surface area (Å²) in [7, 11) is 1.52. The van der Waals surface area contributed by atoms with E-state index in [1.165, 1.54) is 19.4 Å². The van der Waals surface area contributed by atoms with Crippen molar-refractivity contribution in [1.29, 1.82) is 0 Å². The quantitative estimate of drug-likeness (QED) is 0.331. The zero-order valence-corrected chi connectivity index (χ0v) is 21.4. The molecule has 2 aromatic carbocycles. The van der Waals surface area contributed by atoms with Crippen molar-refractivity contribution in [3.05, 3.63) is 77.6 Å². The highest BCUT2D eigenvalue weighted by atomic mass is 16.5. The maximum Gasteiger partial charge on any atom is 0.354 e. The van der Waals surface area contributed by atoms with Crippen molar-refractivity contribution < 1.29 is 24.2 Å². The minimum Gasteiger partial charge on any atom is -0.495 e. The number of nitrogens with one attached hydrogen (secondary N) is 3. The van der Waals surface area contributed by atoms with Crippen LogP contribution >= 0.6 is 0 Å². The molecule has 1 aliphatic rings. The number of carbonyl (C=O) groups is 3. The summed E-state index contributed by atoms with van der Waals surface area (Å²) >= 11 is 0. The number of aromatic nitrogens is 1. The number of rotatable bonds is 9. The number of benzene rings is 2. The Hall–Kier alpha value is -4.60. The summed E-state index contributed by atoms with van der Waals surface area (Å²) in [4.78, 5) is 42.4. The number of aryl methyl sites for hydroxylation is 1. The largest absolute Gasteiger partial charge is 0.495 e. The van der Waals surface area contributed by atoms with Crippen LogP contribution in [-0.2, 0) is 11.2 Å². The maximum absolute atomic E-state index is 13.2. The first-order valence-corrected chi connectivity index (χ1v) is 12.4. The summed E-state index contributed by atoms with van der Waals surface area (Å²) in [5.41, 5.74) is 3.63. The highest BCUT2D eigenvalue weighted by Crippen LogP contribution is 2.27. The highest BCUT2D eigenvalue weighted by molar-refractivity contribution is 6.01. The normalized spacial score (nSPS) is 14.6. The number of anilines is 3. The first-order chi connectivity index (χ1) is 18.3.